The van der Waals surface area contributed by atoms with E-state index in [1.165, 1.54) is 0 Å². The molecule has 0 unspecified atom stereocenters. The first kappa shape index (κ1) is 14.5. The normalized spacial score (nSPS) is 21.5. The second kappa shape index (κ2) is 6.01. The summed E-state index contributed by atoms with van der Waals surface area (Å²) in [5, 5.41) is 0. The number of allylic oxidation sites excluding steroid dienone is 1. The number of benzene rings is 1. The summed E-state index contributed by atoms with van der Waals surface area (Å²) < 4.78 is 5.63. The summed E-state index contributed by atoms with van der Waals surface area (Å²) >= 11 is 0. The Hall–Kier alpha value is -1.94. The second-order valence-corrected chi connectivity index (χ2v) is 5.14. The summed E-state index contributed by atoms with van der Waals surface area (Å²) in [6.45, 7) is 6.09. The predicted molar refractivity (Wildman–Crippen MR) is 76.0 cm³/mol. The van der Waals surface area contributed by atoms with Crippen LogP contribution in [0.3, 0.4) is 0 Å². The third kappa shape index (κ3) is 2.80. The summed E-state index contributed by atoms with van der Waals surface area (Å²) in [6, 6.07) is 9.62. The molecule has 4 heteroatoms. The monoisotopic (exact) mass is 273 g/mol. The molecule has 0 bridgehead atoms. The number of hydrogen-bond donors (Lipinski definition) is 0. The van der Waals surface area contributed by atoms with Crippen LogP contribution in [0.2, 0.25) is 0 Å². The van der Waals surface area contributed by atoms with Crippen molar-refractivity contribution < 1.29 is 14.3 Å². The minimum Gasteiger partial charge on any atom is -0.375 e. The Labute approximate surface area is 119 Å². The van der Waals surface area contributed by atoms with Gasteiger partial charge in [0.2, 0.25) is 5.91 Å². The predicted octanol–water partition coefficient (Wildman–Crippen LogP) is 1.81. The molecule has 1 heterocycles. The molecule has 4 nitrogen and oxygen atoms in total. The van der Waals surface area contributed by atoms with E-state index < -0.39 is 5.92 Å². The van der Waals surface area contributed by atoms with E-state index in [2.05, 4.69) is 6.58 Å². The smallest absolute Gasteiger partial charge is 0.235 e. The van der Waals surface area contributed by atoms with Gasteiger partial charge >= 0.3 is 0 Å². The van der Waals surface area contributed by atoms with Gasteiger partial charge in [0, 0.05) is 7.05 Å². The van der Waals surface area contributed by atoms with Crippen LogP contribution in [0, 0.1) is 5.92 Å². The van der Waals surface area contributed by atoms with E-state index in [0.717, 1.165) is 5.56 Å². The summed E-state index contributed by atoms with van der Waals surface area (Å²) in [5.74, 6) is -0.944. The fourth-order valence-corrected chi connectivity index (χ4v) is 2.32. The van der Waals surface area contributed by atoms with Gasteiger partial charge in [0.1, 0.15) is 5.92 Å². The number of amides is 1. The van der Waals surface area contributed by atoms with Crippen LogP contribution >= 0.6 is 0 Å². The highest BCUT2D eigenvalue weighted by atomic mass is 16.5. The van der Waals surface area contributed by atoms with Gasteiger partial charge in [-0.3, -0.25) is 9.59 Å². The van der Waals surface area contributed by atoms with Gasteiger partial charge in [0.15, 0.2) is 5.78 Å². The van der Waals surface area contributed by atoms with Crippen LogP contribution in [-0.2, 0) is 20.9 Å². The molecule has 1 amide bonds. The van der Waals surface area contributed by atoms with Crippen molar-refractivity contribution in [1.29, 1.82) is 0 Å². The number of ether oxygens (including phenoxy) is 1. The first-order valence-electron chi connectivity index (χ1n) is 6.60. The lowest BCUT2D eigenvalue weighted by atomic mass is 9.82. The number of carbonyl (C=O) groups is 2. The number of likely N-dealkylation sites (tertiary alicyclic amines) is 1. The molecule has 1 saturated heterocycles. The maximum atomic E-state index is 11.9. The Bertz CT molecular complexity index is 524. The van der Waals surface area contributed by atoms with E-state index in [1.807, 2.05) is 30.3 Å². The average molecular weight is 273 g/mol. The van der Waals surface area contributed by atoms with Crippen molar-refractivity contribution in [3.05, 3.63) is 48.0 Å². The van der Waals surface area contributed by atoms with Crippen molar-refractivity contribution >= 4 is 11.7 Å². The molecule has 1 aromatic carbocycles. The van der Waals surface area contributed by atoms with Crippen LogP contribution in [0.4, 0.5) is 0 Å². The third-order valence-corrected chi connectivity index (χ3v) is 3.60. The van der Waals surface area contributed by atoms with Gasteiger partial charge < -0.3 is 9.64 Å². The Balaban J connectivity index is 1.90. The lowest BCUT2D eigenvalue weighted by Gasteiger charge is -2.43. The Morgan fingerprint density at radius 3 is 2.60 bits per heavy atom. The fourth-order valence-electron chi connectivity index (χ4n) is 2.32. The van der Waals surface area contributed by atoms with Crippen molar-refractivity contribution in [3.63, 3.8) is 0 Å². The minimum atomic E-state index is -0.617. The Morgan fingerprint density at radius 2 is 2.00 bits per heavy atom. The molecular formula is C16H19NO3. The number of Topliss-reactive ketones (excluding diaryl/α,β-unsaturated/α-hetero) is 1. The van der Waals surface area contributed by atoms with Gasteiger partial charge in [-0.15, -0.1) is 0 Å². The van der Waals surface area contributed by atoms with Gasteiger partial charge in [-0.2, -0.15) is 0 Å². The molecule has 20 heavy (non-hydrogen) atoms. The first-order valence-corrected chi connectivity index (χ1v) is 6.60. The first-order chi connectivity index (χ1) is 9.52. The molecule has 0 N–H and O–H groups in total. The number of hydrogen-bond acceptors (Lipinski definition) is 3. The molecule has 1 fully saturated rings. The molecule has 1 aromatic rings. The van der Waals surface area contributed by atoms with E-state index in [4.69, 9.17) is 4.74 Å². The second-order valence-electron chi connectivity index (χ2n) is 5.14. The van der Waals surface area contributed by atoms with Crippen LogP contribution in [-0.4, -0.2) is 36.3 Å². The van der Waals surface area contributed by atoms with E-state index in [1.54, 1.807) is 18.9 Å². The molecule has 1 aliphatic heterocycles. The maximum absolute atomic E-state index is 11.9. The molecule has 0 aromatic heterocycles. The molecule has 2 atom stereocenters. The maximum Gasteiger partial charge on any atom is 0.235 e. The van der Waals surface area contributed by atoms with Gasteiger partial charge in [0.05, 0.1) is 19.3 Å². The van der Waals surface area contributed by atoms with Gasteiger partial charge in [-0.1, -0.05) is 36.9 Å². The van der Waals surface area contributed by atoms with E-state index >= 15 is 0 Å². The largest absolute Gasteiger partial charge is 0.375 e. The minimum absolute atomic E-state index is 0.147. The number of likely N-dealkylation sites (N-methyl/N-ethyl adjacent to an activating group) is 1. The molecule has 0 spiro atoms. The lowest BCUT2D eigenvalue weighted by Crippen LogP contribution is -2.63. The van der Waals surface area contributed by atoms with Crippen molar-refractivity contribution in [2.24, 2.45) is 5.92 Å². The quantitative estimate of drug-likeness (QED) is 0.451. The van der Waals surface area contributed by atoms with Crippen molar-refractivity contribution in [1.82, 2.24) is 4.90 Å². The molecule has 0 aliphatic carbocycles. The van der Waals surface area contributed by atoms with Crippen LogP contribution < -0.4 is 0 Å². The van der Waals surface area contributed by atoms with E-state index in [-0.39, 0.29) is 17.7 Å². The molecule has 2 rings (SSSR count). The number of β-lactam (4-membered cyclic amide) rings is 1. The summed E-state index contributed by atoms with van der Waals surface area (Å²) in [4.78, 5) is 25.2. The highest BCUT2D eigenvalue weighted by molar-refractivity contribution is 6.12. The summed E-state index contributed by atoms with van der Waals surface area (Å²) in [7, 11) is 1.70. The molecule has 1 aliphatic rings. The molecular weight excluding hydrogens is 254 g/mol. The highest BCUT2D eigenvalue weighted by Gasteiger charge is 2.49. The van der Waals surface area contributed by atoms with Crippen molar-refractivity contribution in [3.8, 4) is 0 Å². The lowest BCUT2D eigenvalue weighted by molar-refractivity contribution is -0.161. The van der Waals surface area contributed by atoms with E-state index in [0.29, 0.717) is 18.8 Å². The van der Waals surface area contributed by atoms with Gasteiger partial charge in [-0.05, 0) is 18.1 Å². The van der Waals surface area contributed by atoms with Gasteiger partial charge in [0.25, 0.3) is 0 Å². The zero-order chi connectivity index (χ0) is 14.7. The number of rotatable bonds is 6. The Morgan fingerprint density at radius 1 is 1.35 bits per heavy atom. The number of nitrogens with zero attached hydrogens (tertiary/aromatic N) is 1. The summed E-state index contributed by atoms with van der Waals surface area (Å²) in [5.41, 5.74) is 1.49. The van der Waals surface area contributed by atoms with Crippen molar-refractivity contribution in [2.75, 3.05) is 13.7 Å². The molecule has 0 radical (unpaired) electrons. The number of ketones is 1. The van der Waals surface area contributed by atoms with Crippen LogP contribution in [0.15, 0.2) is 42.5 Å². The number of carbonyl (C=O) groups excluding carboxylic acids is 2. The van der Waals surface area contributed by atoms with Crippen LogP contribution in [0.1, 0.15) is 12.5 Å². The van der Waals surface area contributed by atoms with Crippen LogP contribution in [0.5, 0.6) is 0 Å². The Kier molecular flexibility index (Phi) is 4.35. The van der Waals surface area contributed by atoms with Crippen molar-refractivity contribution in [2.45, 2.75) is 19.6 Å². The molecule has 106 valence electrons. The fraction of sp³-hybridized carbons (Fsp3) is 0.375. The standard InChI is InChI=1S/C16H19NO3/c1-11(2)15(18)14-13(17(3)16(14)19)10-20-9-12-7-5-4-6-8-12/h4-8,13-14H,1,9-10H2,2-3H3/t13-,14+/m0/s1. The zero-order valence-corrected chi connectivity index (χ0v) is 11.8. The summed E-state index contributed by atoms with van der Waals surface area (Å²) in [6.07, 6.45) is 0. The van der Waals surface area contributed by atoms with Gasteiger partial charge in [-0.25, -0.2) is 0 Å². The van der Waals surface area contributed by atoms with Crippen LogP contribution in [0.25, 0.3) is 0 Å². The zero-order valence-electron chi connectivity index (χ0n) is 11.8. The van der Waals surface area contributed by atoms with E-state index in [9.17, 15) is 9.59 Å². The molecule has 0 saturated carbocycles. The highest BCUT2D eigenvalue weighted by Crippen LogP contribution is 2.28. The SMILES string of the molecule is C=C(C)C(=O)[C@@H]1C(=O)N(C)[C@H]1COCc1ccccc1. The third-order valence-electron chi connectivity index (χ3n) is 3.60. The topological polar surface area (TPSA) is 46.6 Å². The average Bonchev–Trinajstić information content (AvgIpc) is 2.46.